The summed E-state index contributed by atoms with van der Waals surface area (Å²) in [5.74, 6) is 4.07. The lowest BCUT2D eigenvalue weighted by molar-refractivity contribution is 0.0234. The Morgan fingerprint density at radius 2 is 1.91 bits per heavy atom. The van der Waals surface area contributed by atoms with Crippen molar-refractivity contribution in [1.82, 2.24) is 0 Å². The highest BCUT2D eigenvalue weighted by molar-refractivity contribution is 5.13. The Morgan fingerprint density at radius 1 is 1.13 bits per heavy atom. The van der Waals surface area contributed by atoms with Gasteiger partial charge >= 0.3 is 0 Å². The van der Waals surface area contributed by atoms with Gasteiger partial charge in [0.05, 0.1) is 6.61 Å². The molecule has 1 fully saturated rings. The smallest absolute Gasteiger partial charge is 0.0717 e. The van der Waals surface area contributed by atoms with E-state index in [0.717, 1.165) is 36.9 Å². The molecule has 0 saturated heterocycles. The summed E-state index contributed by atoms with van der Waals surface area (Å²) in [7, 11) is 0. The maximum absolute atomic E-state index is 6.05. The van der Waals surface area contributed by atoms with Crippen LogP contribution in [-0.2, 0) is 11.3 Å². The first-order valence-corrected chi connectivity index (χ1v) is 9.44. The fourth-order valence-corrected chi connectivity index (χ4v) is 4.81. The molecule has 0 spiro atoms. The van der Waals surface area contributed by atoms with Crippen LogP contribution in [0.25, 0.3) is 0 Å². The zero-order chi connectivity index (χ0) is 16.2. The number of benzene rings is 1. The second-order valence-corrected chi connectivity index (χ2v) is 7.99. The van der Waals surface area contributed by atoms with Crippen LogP contribution < -0.4 is 0 Å². The molecule has 0 bridgehead atoms. The van der Waals surface area contributed by atoms with Crippen molar-refractivity contribution in [3.05, 3.63) is 47.5 Å². The van der Waals surface area contributed by atoms with E-state index in [9.17, 15) is 0 Å². The second-order valence-electron chi connectivity index (χ2n) is 7.99. The van der Waals surface area contributed by atoms with Crippen LogP contribution in [0, 0.1) is 29.6 Å². The molecule has 0 amide bonds. The van der Waals surface area contributed by atoms with Crippen LogP contribution in [-0.4, -0.2) is 6.61 Å². The molecular weight excluding hydrogens is 280 g/mol. The summed E-state index contributed by atoms with van der Waals surface area (Å²) in [4.78, 5) is 0. The van der Waals surface area contributed by atoms with Crippen LogP contribution in [0.5, 0.6) is 0 Å². The number of fused-ring (bicyclic) bond motifs is 1. The summed E-state index contributed by atoms with van der Waals surface area (Å²) < 4.78 is 6.05. The number of hydrogen-bond donors (Lipinski definition) is 0. The fourth-order valence-electron chi connectivity index (χ4n) is 4.81. The van der Waals surface area contributed by atoms with Crippen LogP contribution >= 0.6 is 0 Å². The summed E-state index contributed by atoms with van der Waals surface area (Å²) in [6, 6.07) is 10.5. The zero-order valence-corrected chi connectivity index (χ0v) is 15.0. The van der Waals surface area contributed by atoms with E-state index >= 15 is 0 Å². The van der Waals surface area contributed by atoms with Gasteiger partial charge in [0.2, 0.25) is 0 Å². The molecule has 2 aliphatic carbocycles. The summed E-state index contributed by atoms with van der Waals surface area (Å²) in [6.45, 7) is 8.84. The van der Waals surface area contributed by atoms with Crippen LogP contribution in [0.4, 0.5) is 0 Å². The summed E-state index contributed by atoms with van der Waals surface area (Å²) >= 11 is 0. The van der Waals surface area contributed by atoms with Crippen molar-refractivity contribution in [1.29, 1.82) is 0 Å². The molecule has 0 heterocycles. The average molecular weight is 312 g/mol. The lowest BCUT2D eigenvalue weighted by Gasteiger charge is -2.45. The largest absolute Gasteiger partial charge is 0.376 e. The van der Waals surface area contributed by atoms with Gasteiger partial charge in [0, 0.05) is 6.61 Å². The molecule has 1 heteroatoms. The van der Waals surface area contributed by atoms with Crippen molar-refractivity contribution in [2.75, 3.05) is 6.61 Å². The minimum absolute atomic E-state index is 0.654. The minimum atomic E-state index is 0.654. The Labute approximate surface area is 142 Å². The van der Waals surface area contributed by atoms with Crippen LogP contribution in [0.15, 0.2) is 42.0 Å². The number of ether oxygens (including phenoxy) is 1. The standard InChI is InChI=1S/C22H32O/c1-16-9-11-20-17(2)10-12-21(22(20)13-16)18(3)14-23-15-19-7-5-4-6-8-19/h4-8,13,17-18,20-22H,9-12,14-15H2,1-3H3/t17-,18+,20+,21+,22+/m1/s1. The molecule has 3 rings (SSSR count). The number of hydrogen-bond acceptors (Lipinski definition) is 1. The van der Waals surface area contributed by atoms with E-state index in [1.807, 2.05) is 0 Å². The summed E-state index contributed by atoms with van der Waals surface area (Å²) in [5, 5.41) is 0. The van der Waals surface area contributed by atoms with Gasteiger partial charge in [0.1, 0.15) is 0 Å². The predicted molar refractivity (Wildman–Crippen MR) is 97.1 cm³/mol. The Morgan fingerprint density at radius 3 is 2.70 bits per heavy atom. The van der Waals surface area contributed by atoms with Gasteiger partial charge in [-0.05, 0) is 61.3 Å². The van der Waals surface area contributed by atoms with Gasteiger partial charge in [0.25, 0.3) is 0 Å². The molecule has 5 atom stereocenters. The number of allylic oxidation sites excluding steroid dienone is 2. The van der Waals surface area contributed by atoms with Crippen LogP contribution in [0.3, 0.4) is 0 Å². The van der Waals surface area contributed by atoms with Crippen molar-refractivity contribution in [3.8, 4) is 0 Å². The summed E-state index contributed by atoms with van der Waals surface area (Å²) in [6.07, 6.45) is 8.12. The van der Waals surface area contributed by atoms with E-state index in [0.29, 0.717) is 5.92 Å². The van der Waals surface area contributed by atoms with Gasteiger partial charge in [-0.2, -0.15) is 0 Å². The van der Waals surface area contributed by atoms with Crippen molar-refractivity contribution >= 4 is 0 Å². The molecule has 0 N–H and O–H groups in total. The highest BCUT2D eigenvalue weighted by Gasteiger charge is 2.39. The van der Waals surface area contributed by atoms with E-state index in [1.54, 1.807) is 5.57 Å². The molecule has 1 saturated carbocycles. The molecule has 1 nitrogen and oxygen atoms in total. The van der Waals surface area contributed by atoms with Crippen molar-refractivity contribution in [2.45, 2.75) is 53.1 Å². The first-order chi connectivity index (χ1) is 11.1. The molecule has 0 aromatic heterocycles. The van der Waals surface area contributed by atoms with E-state index in [-0.39, 0.29) is 0 Å². The van der Waals surface area contributed by atoms with Gasteiger partial charge in [-0.1, -0.05) is 62.2 Å². The summed E-state index contributed by atoms with van der Waals surface area (Å²) in [5.41, 5.74) is 2.89. The zero-order valence-electron chi connectivity index (χ0n) is 15.0. The third-order valence-electron chi connectivity index (χ3n) is 6.25. The lowest BCUT2D eigenvalue weighted by atomic mass is 9.60. The van der Waals surface area contributed by atoms with Gasteiger partial charge in [-0.25, -0.2) is 0 Å². The van der Waals surface area contributed by atoms with Gasteiger partial charge in [0.15, 0.2) is 0 Å². The number of rotatable bonds is 5. The molecule has 126 valence electrons. The molecule has 1 aromatic rings. The predicted octanol–water partition coefficient (Wildman–Crippen LogP) is 5.86. The third-order valence-corrected chi connectivity index (χ3v) is 6.25. The maximum atomic E-state index is 6.05. The highest BCUT2D eigenvalue weighted by Crippen LogP contribution is 2.47. The monoisotopic (exact) mass is 312 g/mol. The van der Waals surface area contributed by atoms with Crippen LogP contribution in [0.2, 0.25) is 0 Å². The fraction of sp³-hybridized carbons (Fsp3) is 0.636. The first kappa shape index (κ1) is 16.8. The SMILES string of the molecule is CC1=C[C@H]2[C@@H](CC1)[C@H](C)CC[C@H]2[C@@H](C)COCc1ccccc1. The molecule has 0 radical (unpaired) electrons. The Hall–Kier alpha value is -1.08. The first-order valence-electron chi connectivity index (χ1n) is 9.44. The average Bonchev–Trinajstić information content (AvgIpc) is 2.56. The van der Waals surface area contributed by atoms with Gasteiger partial charge in [-0.15, -0.1) is 0 Å². The van der Waals surface area contributed by atoms with E-state index in [1.165, 1.54) is 31.2 Å². The highest BCUT2D eigenvalue weighted by atomic mass is 16.5. The van der Waals surface area contributed by atoms with Crippen molar-refractivity contribution < 1.29 is 4.74 Å². The molecular formula is C22H32O. The topological polar surface area (TPSA) is 9.23 Å². The molecule has 0 unspecified atom stereocenters. The molecule has 1 aromatic carbocycles. The molecule has 0 aliphatic heterocycles. The van der Waals surface area contributed by atoms with Gasteiger partial charge < -0.3 is 4.74 Å². The second kappa shape index (κ2) is 7.66. The van der Waals surface area contributed by atoms with Crippen molar-refractivity contribution in [3.63, 3.8) is 0 Å². The maximum Gasteiger partial charge on any atom is 0.0717 e. The normalized spacial score (nSPS) is 32.0. The minimum Gasteiger partial charge on any atom is -0.376 e. The van der Waals surface area contributed by atoms with E-state index < -0.39 is 0 Å². The third kappa shape index (κ3) is 4.07. The molecule has 23 heavy (non-hydrogen) atoms. The van der Waals surface area contributed by atoms with Gasteiger partial charge in [-0.3, -0.25) is 0 Å². The van der Waals surface area contributed by atoms with E-state index in [2.05, 4.69) is 57.2 Å². The van der Waals surface area contributed by atoms with E-state index in [4.69, 9.17) is 4.74 Å². The van der Waals surface area contributed by atoms with Crippen molar-refractivity contribution in [2.24, 2.45) is 29.6 Å². The Kier molecular flexibility index (Phi) is 5.58. The quantitative estimate of drug-likeness (QED) is 0.619. The Bertz CT molecular complexity index is 518. The lowest BCUT2D eigenvalue weighted by Crippen LogP contribution is -2.38. The van der Waals surface area contributed by atoms with Crippen LogP contribution in [0.1, 0.15) is 52.0 Å². The molecule has 2 aliphatic rings. The Balaban J connectivity index is 1.57.